The molecule has 150 valence electrons. The van der Waals surface area contributed by atoms with Gasteiger partial charge in [0.15, 0.2) is 0 Å². The summed E-state index contributed by atoms with van der Waals surface area (Å²) in [4.78, 5) is 49.7. The molecule has 1 heterocycles. The lowest BCUT2D eigenvalue weighted by Crippen LogP contribution is -2.43. The van der Waals surface area contributed by atoms with Crippen molar-refractivity contribution in [3.8, 4) is 0 Å². The number of ether oxygens (including phenoxy) is 1. The highest BCUT2D eigenvalue weighted by Gasteiger charge is 2.40. The number of nitrogens with zero attached hydrogens (tertiary/aromatic N) is 4. The maximum atomic E-state index is 13.3. The summed E-state index contributed by atoms with van der Waals surface area (Å²) in [6.45, 7) is -0.520. The summed E-state index contributed by atoms with van der Waals surface area (Å²) in [6.07, 6.45) is 2.64. The highest BCUT2D eigenvalue weighted by molar-refractivity contribution is 6.27. The molecule has 2 aromatic rings. The monoisotopic (exact) mass is 396 g/mol. The van der Waals surface area contributed by atoms with Crippen molar-refractivity contribution < 1.29 is 24.2 Å². The molecule has 1 N–H and O–H groups in total. The minimum atomic E-state index is -0.603. The van der Waals surface area contributed by atoms with E-state index in [1.54, 1.807) is 30.3 Å². The summed E-state index contributed by atoms with van der Waals surface area (Å²) >= 11 is 0. The molecule has 1 amide bonds. The Morgan fingerprint density at radius 3 is 2.17 bits per heavy atom. The number of hydrogen-bond donors (Lipinski definition) is 1. The van der Waals surface area contributed by atoms with Crippen molar-refractivity contribution in [1.29, 1.82) is 0 Å². The van der Waals surface area contributed by atoms with Crippen LogP contribution in [-0.2, 0) is 9.53 Å². The molecule has 0 fully saturated rings. The van der Waals surface area contributed by atoms with Gasteiger partial charge in [-0.15, -0.1) is 0 Å². The first kappa shape index (κ1) is 20.3. The molecule has 29 heavy (non-hydrogen) atoms. The van der Waals surface area contributed by atoms with Crippen molar-refractivity contribution in [2.24, 2.45) is 0 Å². The van der Waals surface area contributed by atoms with Crippen LogP contribution in [0, 0.1) is 0 Å². The minimum Gasteiger partial charge on any atom is -0.395 e. The Morgan fingerprint density at radius 1 is 1.03 bits per heavy atom. The third-order valence-electron chi connectivity index (χ3n) is 4.42. The van der Waals surface area contributed by atoms with Crippen LogP contribution in [0.2, 0.25) is 0 Å². The number of carbonyl (C=O) groups is 3. The van der Waals surface area contributed by atoms with Crippen LogP contribution in [0.3, 0.4) is 0 Å². The van der Waals surface area contributed by atoms with Crippen LogP contribution in [0.15, 0.2) is 54.1 Å². The summed E-state index contributed by atoms with van der Waals surface area (Å²) in [7, 11) is 2.75. The smallest absolute Gasteiger partial charge is 0.252 e. The predicted molar refractivity (Wildman–Crippen MR) is 103 cm³/mol. The van der Waals surface area contributed by atoms with Gasteiger partial charge in [-0.25, -0.2) is 9.97 Å². The average Bonchev–Trinajstić information content (AvgIpc) is 2.75. The first-order chi connectivity index (χ1) is 14.0. The number of aromatic nitrogens is 2. The molecular formula is C20H20N4O5. The fourth-order valence-corrected chi connectivity index (χ4v) is 3.09. The second kappa shape index (κ2) is 8.72. The van der Waals surface area contributed by atoms with Gasteiger partial charge in [-0.2, -0.15) is 0 Å². The zero-order chi connectivity index (χ0) is 21.0. The second-order valence-corrected chi connectivity index (χ2v) is 6.21. The lowest BCUT2D eigenvalue weighted by atomic mass is 9.96. The number of rotatable bonds is 7. The van der Waals surface area contributed by atoms with E-state index in [0.29, 0.717) is 5.69 Å². The molecule has 9 heteroatoms. The number of allylic oxidation sites excluding steroid dienone is 2. The van der Waals surface area contributed by atoms with E-state index in [9.17, 15) is 19.5 Å². The molecule has 0 saturated carbocycles. The number of amides is 1. The third kappa shape index (κ3) is 3.78. The Hall–Kier alpha value is -3.43. The van der Waals surface area contributed by atoms with Gasteiger partial charge in [0.1, 0.15) is 29.4 Å². The highest BCUT2D eigenvalue weighted by Crippen LogP contribution is 2.31. The van der Waals surface area contributed by atoms with Gasteiger partial charge in [0, 0.05) is 38.8 Å². The van der Waals surface area contributed by atoms with E-state index in [-0.39, 0.29) is 42.5 Å². The number of hydrogen-bond acceptors (Lipinski definition) is 8. The first-order valence-corrected chi connectivity index (χ1v) is 8.84. The summed E-state index contributed by atoms with van der Waals surface area (Å²) in [5, 5.41) is 9.61. The van der Waals surface area contributed by atoms with Gasteiger partial charge in [0.2, 0.25) is 11.6 Å². The molecular weight excluding hydrogens is 376 g/mol. The van der Waals surface area contributed by atoms with Gasteiger partial charge in [-0.05, 0) is 12.1 Å². The fourth-order valence-electron chi connectivity index (χ4n) is 3.09. The molecule has 0 radical (unpaired) electrons. The zero-order valence-corrected chi connectivity index (χ0v) is 16.0. The number of para-hydroxylation sites is 1. The lowest BCUT2D eigenvalue weighted by Gasteiger charge is -2.33. The molecule has 0 atom stereocenters. The summed E-state index contributed by atoms with van der Waals surface area (Å²) in [6, 6.07) is 8.81. The number of carbonyl (C=O) groups excluding carboxylic acids is 3. The number of methoxy groups -OCH3 is 1. The van der Waals surface area contributed by atoms with Crippen molar-refractivity contribution in [3.05, 3.63) is 65.5 Å². The number of Topliss-reactive ketones (excluding diaryl/α,β-unsaturated/α-hetero) is 2. The number of ketones is 2. The Balaban J connectivity index is 2.25. The highest BCUT2D eigenvalue weighted by atomic mass is 16.5. The number of likely N-dealkylation sites (N-methyl/N-ethyl adjacent to an activating group) is 1. The number of benzene rings is 1. The quantitative estimate of drug-likeness (QED) is 0.727. The molecule has 0 saturated heterocycles. The van der Waals surface area contributed by atoms with E-state index in [2.05, 4.69) is 9.97 Å². The van der Waals surface area contributed by atoms with E-state index in [1.807, 2.05) is 0 Å². The Kier molecular flexibility index (Phi) is 6.10. The van der Waals surface area contributed by atoms with Gasteiger partial charge in [-0.3, -0.25) is 14.4 Å². The van der Waals surface area contributed by atoms with Crippen molar-refractivity contribution in [2.75, 3.05) is 38.8 Å². The number of anilines is 1. The Morgan fingerprint density at radius 2 is 1.62 bits per heavy atom. The maximum Gasteiger partial charge on any atom is 0.252 e. The number of aliphatic hydroxyl groups excluding tert-OH is 1. The molecule has 1 aromatic carbocycles. The summed E-state index contributed by atoms with van der Waals surface area (Å²) in [5.41, 5.74) is 0.181. The van der Waals surface area contributed by atoms with Crippen LogP contribution in [0.25, 0.3) is 0 Å². The van der Waals surface area contributed by atoms with E-state index >= 15 is 0 Å². The largest absolute Gasteiger partial charge is 0.395 e. The molecule has 1 aromatic heterocycles. The third-order valence-corrected chi connectivity index (χ3v) is 4.42. The van der Waals surface area contributed by atoms with Crippen LogP contribution >= 0.6 is 0 Å². The Bertz CT molecular complexity index is 974. The second-order valence-electron chi connectivity index (χ2n) is 6.21. The molecule has 3 rings (SSSR count). The van der Waals surface area contributed by atoms with E-state index < -0.39 is 17.5 Å². The van der Waals surface area contributed by atoms with Crippen LogP contribution in [0.5, 0.6) is 0 Å². The minimum absolute atomic E-state index is 0.0315. The SMILES string of the molecule is COCC(=O)N(C)C1=C(N(CCO)c2ccccc2)C(=O)c2nccnc2C1=O. The molecule has 1 aliphatic carbocycles. The van der Waals surface area contributed by atoms with Gasteiger partial charge in [0.25, 0.3) is 5.91 Å². The standard InChI is InChI=1S/C20H20N4O5/c1-23(14(26)12-29-2)17-18(24(10-11-25)13-6-4-3-5-7-13)20(28)16-15(19(17)27)21-8-9-22-16/h3-9,25H,10-12H2,1-2H3. The summed E-state index contributed by atoms with van der Waals surface area (Å²) < 4.78 is 4.88. The Labute approximate surface area is 167 Å². The molecule has 1 aliphatic rings. The average molecular weight is 396 g/mol. The van der Waals surface area contributed by atoms with Crippen LogP contribution in [0.4, 0.5) is 5.69 Å². The summed E-state index contributed by atoms with van der Waals surface area (Å²) in [5.74, 6) is -1.67. The topological polar surface area (TPSA) is 113 Å². The van der Waals surface area contributed by atoms with Gasteiger partial charge < -0.3 is 19.6 Å². The predicted octanol–water partition coefficient (Wildman–Crippen LogP) is 0.671. The molecule has 0 unspecified atom stereocenters. The van der Waals surface area contributed by atoms with E-state index in [1.165, 1.54) is 31.5 Å². The van der Waals surface area contributed by atoms with Gasteiger partial charge in [0.05, 0.1) is 6.61 Å². The van der Waals surface area contributed by atoms with Crippen molar-refractivity contribution in [2.45, 2.75) is 0 Å². The normalized spacial score (nSPS) is 13.3. The van der Waals surface area contributed by atoms with Gasteiger partial charge in [-0.1, -0.05) is 18.2 Å². The zero-order valence-electron chi connectivity index (χ0n) is 16.0. The number of aliphatic hydroxyl groups is 1. The number of fused-ring (bicyclic) bond motifs is 1. The molecule has 0 aliphatic heterocycles. The van der Waals surface area contributed by atoms with Crippen molar-refractivity contribution in [3.63, 3.8) is 0 Å². The van der Waals surface area contributed by atoms with E-state index in [4.69, 9.17) is 4.74 Å². The van der Waals surface area contributed by atoms with Crippen LogP contribution in [-0.4, -0.2) is 71.4 Å². The fraction of sp³-hybridized carbons (Fsp3) is 0.250. The lowest BCUT2D eigenvalue weighted by molar-refractivity contribution is -0.131. The first-order valence-electron chi connectivity index (χ1n) is 8.84. The van der Waals surface area contributed by atoms with Crippen molar-refractivity contribution in [1.82, 2.24) is 14.9 Å². The molecule has 0 spiro atoms. The van der Waals surface area contributed by atoms with Gasteiger partial charge >= 0.3 is 0 Å². The molecule has 0 bridgehead atoms. The molecule has 9 nitrogen and oxygen atoms in total. The van der Waals surface area contributed by atoms with Crippen LogP contribution < -0.4 is 4.90 Å². The maximum absolute atomic E-state index is 13.3. The van der Waals surface area contributed by atoms with E-state index in [0.717, 1.165) is 4.90 Å². The van der Waals surface area contributed by atoms with Crippen molar-refractivity contribution >= 4 is 23.2 Å². The van der Waals surface area contributed by atoms with Crippen LogP contribution in [0.1, 0.15) is 21.0 Å².